The second kappa shape index (κ2) is 13.6. The van der Waals surface area contributed by atoms with Crippen molar-refractivity contribution in [3.05, 3.63) is 98.6 Å². The number of hydrogen-bond acceptors (Lipinski definition) is 8. The summed E-state index contributed by atoms with van der Waals surface area (Å²) < 4.78 is 5.34. The molecule has 5 rings (SSSR count). The molecule has 0 amide bonds. The molecule has 0 aromatic heterocycles. The van der Waals surface area contributed by atoms with Crippen molar-refractivity contribution in [3.8, 4) is 0 Å². The van der Waals surface area contributed by atoms with Gasteiger partial charge >= 0.3 is 5.97 Å². The number of rotatable bonds is 15. The molecular weight excluding hydrogens is 562 g/mol. The van der Waals surface area contributed by atoms with Crippen molar-refractivity contribution in [2.24, 2.45) is 0 Å². The number of esters is 1. The zero-order valence-electron chi connectivity index (χ0n) is 24.6. The molecule has 5 aromatic rings. The fourth-order valence-corrected chi connectivity index (χ4v) is 5.96. The molecule has 0 bridgehead atoms. The van der Waals surface area contributed by atoms with Gasteiger partial charge in [0, 0.05) is 25.6 Å². The number of benzene rings is 5. The van der Waals surface area contributed by atoms with Crippen molar-refractivity contribution in [1.82, 2.24) is 0 Å². The van der Waals surface area contributed by atoms with E-state index in [4.69, 9.17) is 4.74 Å². The predicted octanol–water partition coefficient (Wildman–Crippen LogP) is 7.32. The van der Waals surface area contributed by atoms with Gasteiger partial charge in [0.05, 0.1) is 22.0 Å². The van der Waals surface area contributed by atoms with Gasteiger partial charge in [0.15, 0.2) is 0 Å². The normalized spacial score (nSPS) is 12.1. The average Bonchev–Trinajstić information content (AvgIpc) is 3.02. The zero-order chi connectivity index (χ0) is 31.2. The Hall–Kier alpha value is -4.83. The van der Waals surface area contributed by atoms with E-state index >= 15 is 0 Å². The minimum atomic E-state index is -0.869. The van der Waals surface area contributed by atoms with E-state index in [0.29, 0.717) is 44.5 Å². The molecule has 1 atom stereocenters. The first-order valence-electron chi connectivity index (χ1n) is 14.9. The molecule has 0 saturated heterocycles. The van der Waals surface area contributed by atoms with E-state index in [2.05, 4.69) is 54.6 Å². The highest BCUT2D eigenvalue weighted by Gasteiger charge is 2.23. The van der Waals surface area contributed by atoms with Gasteiger partial charge in [0.1, 0.15) is 12.3 Å². The number of nitro groups is 2. The summed E-state index contributed by atoms with van der Waals surface area (Å²) in [4.78, 5) is 35.6. The topological polar surface area (TPSA) is 136 Å². The second-order valence-corrected chi connectivity index (χ2v) is 11.1. The molecule has 0 saturated carbocycles. The Morgan fingerprint density at radius 2 is 1.59 bits per heavy atom. The van der Waals surface area contributed by atoms with Crippen LogP contribution < -0.4 is 4.90 Å². The number of ether oxygens (including phenoxy) is 1. The molecule has 0 radical (unpaired) electrons. The van der Waals surface area contributed by atoms with Gasteiger partial charge in [-0.1, -0.05) is 61.5 Å². The van der Waals surface area contributed by atoms with Gasteiger partial charge in [-0.2, -0.15) is 0 Å². The Morgan fingerprint density at radius 3 is 2.30 bits per heavy atom. The number of non-ortho nitro benzene ring substituents is 1. The Balaban J connectivity index is 1.10. The first-order valence-corrected chi connectivity index (χ1v) is 14.9. The smallest absolute Gasteiger partial charge is 0.305 e. The van der Waals surface area contributed by atoms with Crippen LogP contribution in [-0.4, -0.2) is 46.7 Å². The number of carbonyl (C=O) groups is 1. The molecule has 0 spiro atoms. The van der Waals surface area contributed by atoms with Crippen molar-refractivity contribution < 1.29 is 24.5 Å². The highest BCUT2D eigenvalue weighted by atomic mass is 16.6. The van der Waals surface area contributed by atoms with Crippen LogP contribution in [-0.2, 0) is 16.0 Å². The number of aliphatic hydroxyl groups is 1. The highest BCUT2D eigenvalue weighted by molar-refractivity contribution is 6.23. The van der Waals surface area contributed by atoms with Crippen molar-refractivity contribution in [2.75, 3.05) is 24.6 Å². The number of anilines is 1. The molecule has 1 unspecified atom stereocenters. The van der Waals surface area contributed by atoms with Crippen LogP contribution in [0, 0.1) is 20.2 Å². The molecule has 1 N–H and O–H groups in total. The van der Waals surface area contributed by atoms with E-state index in [1.165, 1.54) is 50.0 Å². The molecule has 10 heteroatoms. The van der Waals surface area contributed by atoms with E-state index in [-0.39, 0.29) is 30.4 Å². The summed E-state index contributed by atoms with van der Waals surface area (Å²) in [5.74, 6) is -0.365. The fourth-order valence-electron chi connectivity index (χ4n) is 5.96. The predicted molar refractivity (Wildman–Crippen MR) is 172 cm³/mol. The van der Waals surface area contributed by atoms with Crippen molar-refractivity contribution >= 4 is 55.3 Å². The molecule has 0 aliphatic heterocycles. The van der Waals surface area contributed by atoms with Crippen LogP contribution in [0.4, 0.5) is 17.1 Å². The van der Waals surface area contributed by atoms with E-state index in [1.807, 2.05) is 6.92 Å². The lowest BCUT2D eigenvalue weighted by atomic mass is 9.90. The molecule has 228 valence electrons. The number of hydrogen-bond donors (Lipinski definition) is 1. The van der Waals surface area contributed by atoms with Crippen molar-refractivity contribution in [3.63, 3.8) is 0 Å². The average molecular weight is 598 g/mol. The lowest BCUT2D eigenvalue weighted by Gasteiger charge is -2.24. The molecule has 0 heterocycles. The second-order valence-electron chi connectivity index (χ2n) is 11.1. The molecule has 44 heavy (non-hydrogen) atoms. The summed E-state index contributed by atoms with van der Waals surface area (Å²) in [5.41, 5.74) is 0.816. The van der Waals surface area contributed by atoms with Gasteiger partial charge in [-0.25, -0.2) is 0 Å². The number of carbonyl (C=O) groups excluding carboxylic acids is 1. The number of nitro benzene ring substituents is 2. The maximum absolute atomic E-state index is 12.5. The third kappa shape index (κ3) is 6.70. The summed E-state index contributed by atoms with van der Waals surface area (Å²) >= 11 is 0. The van der Waals surface area contributed by atoms with Crippen LogP contribution in [0.5, 0.6) is 0 Å². The minimum absolute atomic E-state index is 0.122. The van der Waals surface area contributed by atoms with Crippen LogP contribution in [0.25, 0.3) is 32.3 Å². The van der Waals surface area contributed by atoms with Crippen LogP contribution in [0.15, 0.2) is 72.8 Å². The minimum Gasteiger partial charge on any atom is -0.463 e. The summed E-state index contributed by atoms with van der Waals surface area (Å²) in [6.07, 6.45) is 2.25. The maximum atomic E-state index is 12.5. The quantitative estimate of drug-likeness (QED) is 0.0574. The maximum Gasteiger partial charge on any atom is 0.305 e. The molecule has 10 nitrogen and oxygen atoms in total. The Bertz CT molecular complexity index is 1790. The van der Waals surface area contributed by atoms with Gasteiger partial charge in [0.2, 0.25) is 0 Å². The monoisotopic (exact) mass is 597 g/mol. The lowest BCUT2D eigenvalue weighted by molar-refractivity contribution is -0.393. The third-order valence-corrected chi connectivity index (χ3v) is 8.05. The van der Waals surface area contributed by atoms with Gasteiger partial charge in [-0.3, -0.25) is 25.0 Å². The molecule has 0 aliphatic carbocycles. The van der Waals surface area contributed by atoms with Crippen molar-refractivity contribution in [2.45, 2.75) is 51.6 Å². The van der Waals surface area contributed by atoms with Gasteiger partial charge in [0.25, 0.3) is 11.4 Å². The number of aliphatic hydroxyl groups excluding tert-OH is 1. The molecule has 0 fully saturated rings. The first-order chi connectivity index (χ1) is 21.3. The van der Waals surface area contributed by atoms with E-state index in [9.17, 15) is 30.1 Å². The van der Waals surface area contributed by atoms with Crippen LogP contribution >= 0.6 is 0 Å². The fraction of sp³-hybridized carbons (Fsp3) is 0.324. The van der Waals surface area contributed by atoms with Crippen LogP contribution in [0.1, 0.15) is 44.6 Å². The Morgan fingerprint density at radius 1 is 0.886 bits per heavy atom. The van der Waals surface area contributed by atoms with E-state index < -0.39 is 16.0 Å². The van der Waals surface area contributed by atoms with E-state index in [1.54, 1.807) is 4.90 Å². The number of nitrogens with zero attached hydrogens (tertiary/aromatic N) is 3. The summed E-state index contributed by atoms with van der Waals surface area (Å²) in [6, 6.07) is 22.8. The first kappa shape index (κ1) is 30.6. The highest BCUT2D eigenvalue weighted by Crippen LogP contribution is 2.36. The largest absolute Gasteiger partial charge is 0.463 e. The number of aryl methyl sites for hydroxylation is 1. The van der Waals surface area contributed by atoms with Crippen LogP contribution in [0.2, 0.25) is 0 Å². The van der Waals surface area contributed by atoms with Crippen molar-refractivity contribution in [1.29, 1.82) is 0 Å². The Kier molecular flexibility index (Phi) is 9.50. The summed E-state index contributed by atoms with van der Waals surface area (Å²) in [5, 5.41) is 40.4. The van der Waals surface area contributed by atoms with Crippen LogP contribution in [0.3, 0.4) is 0 Å². The molecular formula is C34H35N3O7. The summed E-state index contributed by atoms with van der Waals surface area (Å²) in [7, 11) is 0. The van der Waals surface area contributed by atoms with Gasteiger partial charge < -0.3 is 14.7 Å². The molecule has 5 aromatic carbocycles. The van der Waals surface area contributed by atoms with Gasteiger partial charge in [-0.05, 0) is 76.1 Å². The molecule has 0 aliphatic rings. The standard InChI is InChI=1S/C34H35N3O7/c1-2-19-35(30-18-16-27(36(40)41)21-31(30)37(42)43)20-5-9-28(38)22-44-32(39)10-4-6-23-11-12-26-14-13-24-7-3-8-25-15-17-29(23)34(26)33(24)25/h3,7-8,11-18,21,28,38H,2,4-6,9-10,19-20,22H2,1H3. The Labute approximate surface area is 254 Å². The zero-order valence-corrected chi connectivity index (χ0v) is 24.6. The van der Waals surface area contributed by atoms with Gasteiger partial charge in [-0.15, -0.1) is 0 Å². The lowest BCUT2D eigenvalue weighted by Crippen LogP contribution is -2.27. The van der Waals surface area contributed by atoms with E-state index in [0.717, 1.165) is 12.5 Å². The third-order valence-electron chi connectivity index (χ3n) is 8.05. The SMILES string of the molecule is CCCN(CCCC(O)COC(=O)CCCc1ccc2ccc3cccc4ccc1c2c34)c1ccc([N+](=O)[O-])cc1[N+](=O)[O-]. The summed E-state index contributed by atoms with van der Waals surface area (Å²) in [6.45, 7) is 2.72.